The van der Waals surface area contributed by atoms with Crippen molar-refractivity contribution in [2.45, 2.75) is 39.3 Å². The van der Waals surface area contributed by atoms with E-state index in [1.807, 2.05) is 6.92 Å². The minimum atomic E-state index is -0.528. The summed E-state index contributed by atoms with van der Waals surface area (Å²) in [5.74, 6) is 0. The number of ether oxygens (including phenoxy) is 1. The number of halogens is 1. The summed E-state index contributed by atoms with van der Waals surface area (Å²) in [6.07, 6.45) is -0.507. The fourth-order valence-corrected chi connectivity index (χ4v) is 1.75. The van der Waals surface area contributed by atoms with Crippen molar-refractivity contribution < 1.29 is 9.53 Å². The Morgan fingerprint density at radius 2 is 2.06 bits per heavy atom. The largest absolute Gasteiger partial charge is 0.444 e. The molecule has 0 radical (unpaired) electrons. The van der Waals surface area contributed by atoms with Gasteiger partial charge in [0.2, 0.25) is 0 Å². The molecule has 1 aromatic rings. The average Bonchev–Trinajstić information content (AvgIpc) is 2.13. The van der Waals surface area contributed by atoms with Crippen molar-refractivity contribution in [1.29, 1.82) is 0 Å². The molecule has 4 nitrogen and oxygen atoms in total. The Morgan fingerprint density at radius 3 is 2.50 bits per heavy atom. The molecular formula is C13H19ClN2O2. The van der Waals surface area contributed by atoms with E-state index in [4.69, 9.17) is 22.1 Å². The number of nitrogens with two attached hydrogens (primary N) is 1. The summed E-state index contributed by atoms with van der Waals surface area (Å²) in [6.45, 7) is 7.26. The smallest absolute Gasteiger partial charge is 0.412 e. The molecule has 0 bridgehead atoms. The summed E-state index contributed by atoms with van der Waals surface area (Å²) in [5, 5.41) is 3.15. The van der Waals surface area contributed by atoms with Crippen molar-refractivity contribution in [3.8, 4) is 0 Å². The van der Waals surface area contributed by atoms with E-state index in [1.54, 1.807) is 39.0 Å². The van der Waals surface area contributed by atoms with Gasteiger partial charge in [0.15, 0.2) is 0 Å². The lowest BCUT2D eigenvalue weighted by molar-refractivity contribution is 0.0636. The molecule has 0 spiro atoms. The average molecular weight is 271 g/mol. The summed E-state index contributed by atoms with van der Waals surface area (Å²) >= 11 is 6.07. The summed E-state index contributed by atoms with van der Waals surface area (Å²) in [7, 11) is 0. The van der Waals surface area contributed by atoms with Crippen LogP contribution in [0.1, 0.15) is 39.3 Å². The SMILES string of the molecule is C[C@@H](N)c1ccc(NC(=O)OC(C)(C)C)cc1Cl. The molecule has 100 valence electrons. The lowest BCUT2D eigenvalue weighted by Gasteiger charge is -2.20. The number of anilines is 1. The Morgan fingerprint density at radius 1 is 1.44 bits per heavy atom. The fraction of sp³-hybridized carbons (Fsp3) is 0.462. The first kappa shape index (κ1) is 14.8. The van der Waals surface area contributed by atoms with Crippen LogP contribution in [0.25, 0.3) is 0 Å². The Balaban J connectivity index is 2.75. The van der Waals surface area contributed by atoms with Crippen molar-refractivity contribution >= 4 is 23.4 Å². The van der Waals surface area contributed by atoms with Crippen LogP contribution in [0.3, 0.4) is 0 Å². The van der Waals surface area contributed by atoms with Crippen molar-refractivity contribution in [2.75, 3.05) is 5.32 Å². The zero-order valence-corrected chi connectivity index (χ0v) is 11.8. The second kappa shape index (κ2) is 5.59. The Bertz CT molecular complexity index is 439. The molecule has 1 amide bonds. The van der Waals surface area contributed by atoms with E-state index in [2.05, 4.69) is 5.32 Å². The van der Waals surface area contributed by atoms with Gasteiger partial charge >= 0.3 is 6.09 Å². The number of benzene rings is 1. The highest BCUT2D eigenvalue weighted by Crippen LogP contribution is 2.25. The van der Waals surface area contributed by atoms with Crippen LogP contribution in [0.15, 0.2) is 18.2 Å². The minimum Gasteiger partial charge on any atom is -0.444 e. The van der Waals surface area contributed by atoms with Gasteiger partial charge in [-0.3, -0.25) is 5.32 Å². The zero-order valence-electron chi connectivity index (χ0n) is 11.1. The number of amides is 1. The van der Waals surface area contributed by atoms with E-state index in [0.29, 0.717) is 10.7 Å². The molecule has 18 heavy (non-hydrogen) atoms. The van der Waals surface area contributed by atoms with Gasteiger partial charge in [0.1, 0.15) is 5.60 Å². The third-order valence-corrected chi connectivity index (χ3v) is 2.46. The maximum atomic E-state index is 11.6. The highest BCUT2D eigenvalue weighted by Gasteiger charge is 2.16. The first-order valence-corrected chi connectivity index (χ1v) is 6.12. The Labute approximate surface area is 112 Å². The first-order valence-electron chi connectivity index (χ1n) is 5.74. The number of nitrogens with one attached hydrogen (secondary N) is 1. The van der Waals surface area contributed by atoms with Gasteiger partial charge in [-0.1, -0.05) is 17.7 Å². The van der Waals surface area contributed by atoms with Gasteiger partial charge in [-0.15, -0.1) is 0 Å². The fourth-order valence-electron chi connectivity index (χ4n) is 1.40. The van der Waals surface area contributed by atoms with Crippen molar-refractivity contribution in [1.82, 2.24) is 0 Å². The topological polar surface area (TPSA) is 64.3 Å². The third kappa shape index (κ3) is 4.55. The standard InChI is InChI=1S/C13H19ClN2O2/c1-8(15)10-6-5-9(7-11(10)14)16-12(17)18-13(2,3)4/h5-8H,15H2,1-4H3,(H,16,17)/t8-/m1/s1. The zero-order chi connectivity index (χ0) is 13.9. The van der Waals surface area contributed by atoms with Crippen LogP contribution in [0, 0.1) is 0 Å². The lowest BCUT2D eigenvalue weighted by atomic mass is 10.1. The van der Waals surface area contributed by atoms with E-state index in [1.165, 1.54) is 0 Å². The van der Waals surface area contributed by atoms with Crippen LogP contribution in [-0.4, -0.2) is 11.7 Å². The second-order valence-corrected chi connectivity index (χ2v) is 5.56. The molecule has 0 aromatic heterocycles. The van der Waals surface area contributed by atoms with E-state index in [0.717, 1.165) is 5.56 Å². The molecule has 0 fully saturated rings. The van der Waals surface area contributed by atoms with Crippen LogP contribution < -0.4 is 11.1 Å². The molecule has 0 aliphatic heterocycles. The van der Waals surface area contributed by atoms with Crippen molar-refractivity contribution in [2.24, 2.45) is 5.73 Å². The van der Waals surface area contributed by atoms with Gasteiger partial charge in [-0.2, -0.15) is 0 Å². The van der Waals surface area contributed by atoms with Gasteiger partial charge in [0, 0.05) is 16.8 Å². The van der Waals surface area contributed by atoms with Gasteiger partial charge < -0.3 is 10.5 Å². The van der Waals surface area contributed by atoms with E-state index in [-0.39, 0.29) is 6.04 Å². The molecule has 3 N–H and O–H groups in total. The van der Waals surface area contributed by atoms with Crippen LogP contribution in [-0.2, 0) is 4.74 Å². The van der Waals surface area contributed by atoms with Crippen LogP contribution in [0.5, 0.6) is 0 Å². The molecule has 0 saturated heterocycles. The number of hydrogen-bond donors (Lipinski definition) is 2. The third-order valence-electron chi connectivity index (χ3n) is 2.14. The predicted octanol–water partition coefficient (Wildman–Crippen LogP) is 3.71. The maximum absolute atomic E-state index is 11.6. The number of carbonyl (C=O) groups excluding carboxylic acids is 1. The van der Waals surface area contributed by atoms with Crippen LogP contribution in [0.4, 0.5) is 10.5 Å². The number of rotatable bonds is 2. The molecule has 0 heterocycles. The van der Waals surface area contributed by atoms with E-state index >= 15 is 0 Å². The van der Waals surface area contributed by atoms with Gasteiger partial charge in [-0.25, -0.2) is 4.79 Å². The highest BCUT2D eigenvalue weighted by atomic mass is 35.5. The molecule has 1 aromatic carbocycles. The van der Waals surface area contributed by atoms with Crippen molar-refractivity contribution in [3.05, 3.63) is 28.8 Å². The minimum absolute atomic E-state index is 0.145. The van der Waals surface area contributed by atoms with E-state index in [9.17, 15) is 4.79 Å². The molecule has 5 heteroatoms. The Kier molecular flexibility index (Phi) is 4.59. The molecule has 0 saturated carbocycles. The summed E-state index contributed by atoms with van der Waals surface area (Å²) in [6, 6.07) is 5.05. The molecule has 1 atom stereocenters. The monoisotopic (exact) mass is 270 g/mol. The highest BCUT2D eigenvalue weighted by molar-refractivity contribution is 6.31. The van der Waals surface area contributed by atoms with Gasteiger partial charge in [-0.05, 0) is 45.4 Å². The quantitative estimate of drug-likeness (QED) is 0.861. The molecule has 0 aliphatic rings. The summed E-state index contributed by atoms with van der Waals surface area (Å²) in [4.78, 5) is 11.6. The Hall–Kier alpha value is -1.26. The summed E-state index contributed by atoms with van der Waals surface area (Å²) < 4.78 is 5.14. The van der Waals surface area contributed by atoms with Crippen LogP contribution >= 0.6 is 11.6 Å². The molecule has 0 aliphatic carbocycles. The van der Waals surface area contributed by atoms with Gasteiger partial charge in [0.05, 0.1) is 0 Å². The maximum Gasteiger partial charge on any atom is 0.412 e. The summed E-state index contributed by atoms with van der Waals surface area (Å²) in [5.41, 5.74) is 6.65. The lowest BCUT2D eigenvalue weighted by Crippen LogP contribution is -2.27. The number of carbonyl (C=O) groups is 1. The predicted molar refractivity (Wildman–Crippen MR) is 73.9 cm³/mol. The van der Waals surface area contributed by atoms with Crippen LogP contribution in [0.2, 0.25) is 5.02 Å². The molecular weight excluding hydrogens is 252 g/mol. The number of hydrogen-bond acceptors (Lipinski definition) is 3. The first-order chi connectivity index (χ1) is 8.19. The second-order valence-electron chi connectivity index (χ2n) is 5.15. The molecule has 1 rings (SSSR count). The normalized spacial score (nSPS) is 13.0. The van der Waals surface area contributed by atoms with E-state index < -0.39 is 11.7 Å². The van der Waals surface area contributed by atoms with Gasteiger partial charge in [0.25, 0.3) is 0 Å². The molecule has 0 unspecified atom stereocenters. The van der Waals surface area contributed by atoms with Crippen molar-refractivity contribution in [3.63, 3.8) is 0 Å².